The Hall–Kier alpha value is -2.44. The first-order valence-corrected chi connectivity index (χ1v) is 6.62. The maximum absolute atomic E-state index is 11.9. The molecule has 0 saturated carbocycles. The van der Waals surface area contributed by atoms with Gasteiger partial charge in [-0.05, 0) is 19.4 Å². The zero-order chi connectivity index (χ0) is 16.0. The number of amides is 1. The number of nitrogens with one attached hydrogen (secondary N) is 1. The number of rotatable bonds is 7. The Labute approximate surface area is 122 Å². The molecule has 7 heteroatoms. The Morgan fingerprint density at radius 1 is 1.43 bits per heavy atom. The number of carbonyl (C=O) groups is 2. The monoisotopic (exact) mass is 294 g/mol. The van der Waals surface area contributed by atoms with Crippen LogP contribution in [0.3, 0.4) is 0 Å². The summed E-state index contributed by atoms with van der Waals surface area (Å²) in [7, 11) is 0. The zero-order valence-electron chi connectivity index (χ0n) is 12.0. The number of carboxylic acids is 1. The van der Waals surface area contributed by atoms with Gasteiger partial charge in [0.2, 0.25) is 0 Å². The van der Waals surface area contributed by atoms with Crippen LogP contribution in [0.2, 0.25) is 0 Å². The van der Waals surface area contributed by atoms with Gasteiger partial charge in [-0.25, -0.2) is 0 Å². The van der Waals surface area contributed by atoms with Crippen LogP contribution >= 0.6 is 0 Å². The third-order valence-electron chi connectivity index (χ3n) is 3.16. The van der Waals surface area contributed by atoms with Crippen LogP contribution in [0.25, 0.3) is 0 Å². The Morgan fingerprint density at radius 2 is 2.10 bits per heavy atom. The molecule has 0 radical (unpaired) electrons. The number of carboxylic acid groups (broad SMARTS) is 1. The standard InChI is InChI=1S/C14H18N2O5/c1-3-4-11(14(18)19)8-15-13(17)10-6-5-9(2)12(7-10)16(20)21/h5-7,11H,3-4,8H2,1-2H3,(H,15,17)(H,18,19). The van der Waals surface area contributed by atoms with E-state index in [-0.39, 0.29) is 17.8 Å². The summed E-state index contributed by atoms with van der Waals surface area (Å²) in [5.74, 6) is -2.13. The minimum absolute atomic E-state index is 0.00365. The van der Waals surface area contributed by atoms with Crippen LogP contribution in [-0.2, 0) is 4.79 Å². The Balaban J connectivity index is 2.78. The van der Waals surface area contributed by atoms with Crippen molar-refractivity contribution in [3.8, 4) is 0 Å². The molecule has 0 aliphatic rings. The average Bonchev–Trinajstić information content (AvgIpc) is 2.42. The predicted molar refractivity (Wildman–Crippen MR) is 76.2 cm³/mol. The molecule has 0 fully saturated rings. The molecular weight excluding hydrogens is 276 g/mol. The van der Waals surface area contributed by atoms with Crippen LogP contribution in [0.4, 0.5) is 5.69 Å². The van der Waals surface area contributed by atoms with E-state index >= 15 is 0 Å². The van der Waals surface area contributed by atoms with Gasteiger partial charge in [0.05, 0.1) is 10.8 Å². The van der Waals surface area contributed by atoms with Crippen molar-refractivity contribution in [2.75, 3.05) is 6.54 Å². The highest BCUT2D eigenvalue weighted by Crippen LogP contribution is 2.19. The Bertz CT molecular complexity index is 556. The Morgan fingerprint density at radius 3 is 2.62 bits per heavy atom. The lowest BCUT2D eigenvalue weighted by molar-refractivity contribution is -0.385. The second-order valence-electron chi connectivity index (χ2n) is 4.79. The van der Waals surface area contributed by atoms with Crippen molar-refractivity contribution in [3.63, 3.8) is 0 Å². The molecule has 7 nitrogen and oxygen atoms in total. The lowest BCUT2D eigenvalue weighted by Crippen LogP contribution is -2.32. The maximum Gasteiger partial charge on any atom is 0.308 e. The van der Waals surface area contributed by atoms with Crippen molar-refractivity contribution < 1.29 is 19.6 Å². The molecule has 1 aromatic carbocycles. The van der Waals surface area contributed by atoms with Crippen LogP contribution in [0.15, 0.2) is 18.2 Å². The quantitative estimate of drug-likeness (QED) is 0.591. The van der Waals surface area contributed by atoms with Crippen LogP contribution in [-0.4, -0.2) is 28.5 Å². The highest BCUT2D eigenvalue weighted by Gasteiger charge is 2.19. The normalized spacial score (nSPS) is 11.7. The van der Waals surface area contributed by atoms with E-state index in [1.54, 1.807) is 6.92 Å². The molecule has 0 aliphatic carbocycles. The number of nitro groups is 1. The summed E-state index contributed by atoms with van der Waals surface area (Å²) < 4.78 is 0. The molecular formula is C14H18N2O5. The number of hydrogen-bond acceptors (Lipinski definition) is 4. The summed E-state index contributed by atoms with van der Waals surface area (Å²) in [5, 5.41) is 22.3. The van der Waals surface area contributed by atoms with Gasteiger partial charge in [-0.15, -0.1) is 0 Å². The molecule has 2 N–H and O–H groups in total. The second kappa shape index (κ2) is 7.37. The number of nitrogens with zero attached hydrogens (tertiary/aromatic N) is 1. The topological polar surface area (TPSA) is 110 Å². The van der Waals surface area contributed by atoms with Crippen molar-refractivity contribution in [3.05, 3.63) is 39.4 Å². The lowest BCUT2D eigenvalue weighted by atomic mass is 10.0. The van der Waals surface area contributed by atoms with E-state index in [1.807, 2.05) is 6.92 Å². The fourth-order valence-electron chi connectivity index (χ4n) is 1.93. The summed E-state index contributed by atoms with van der Waals surface area (Å²) in [6.45, 7) is 3.45. The summed E-state index contributed by atoms with van der Waals surface area (Å²) >= 11 is 0. The van der Waals surface area contributed by atoms with Crippen LogP contribution in [0, 0.1) is 23.0 Å². The second-order valence-corrected chi connectivity index (χ2v) is 4.79. The molecule has 1 atom stereocenters. The molecule has 21 heavy (non-hydrogen) atoms. The van der Waals surface area contributed by atoms with Gasteiger partial charge in [-0.2, -0.15) is 0 Å². The van der Waals surface area contributed by atoms with Crippen molar-refractivity contribution in [1.82, 2.24) is 5.32 Å². The largest absolute Gasteiger partial charge is 0.481 e. The van der Waals surface area contributed by atoms with Crippen molar-refractivity contribution in [2.45, 2.75) is 26.7 Å². The van der Waals surface area contributed by atoms with Gasteiger partial charge in [0.1, 0.15) is 0 Å². The fraction of sp³-hybridized carbons (Fsp3) is 0.429. The molecule has 0 bridgehead atoms. The maximum atomic E-state index is 11.9. The van der Waals surface area contributed by atoms with Crippen molar-refractivity contribution in [1.29, 1.82) is 0 Å². The molecule has 0 spiro atoms. The minimum atomic E-state index is -0.966. The summed E-state index contributed by atoms with van der Waals surface area (Å²) in [6.07, 6.45) is 1.16. The van der Waals surface area contributed by atoms with Gasteiger partial charge >= 0.3 is 5.97 Å². The number of nitro benzene ring substituents is 1. The van der Waals surface area contributed by atoms with Crippen LogP contribution < -0.4 is 5.32 Å². The minimum Gasteiger partial charge on any atom is -0.481 e. The summed E-state index contributed by atoms with van der Waals surface area (Å²) in [6, 6.07) is 4.17. The SMILES string of the molecule is CCCC(CNC(=O)c1ccc(C)c([N+](=O)[O-])c1)C(=O)O. The van der Waals surface area contributed by atoms with E-state index in [2.05, 4.69) is 5.32 Å². The third kappa shape index (κ3) is 4.55. The predicted octanol–water partition coefficient (Wildman–Crippen LogP) is 2.13. The van der Waals surface area contributed by atoms with E-state index in [4.69, 9.17) is 5.11 Å². The zero-order valence-corrected chi connectivity index (χ0v) is 12.0. The first kappa shape index (κ1) is 16.6. The first-order chi connectivity index (χ1) is 9.86. The average molecular weight is 294 g/mol. The molecule has 0 aliphatic heterocycles. The molecule has 1 unspecified atom stereocenters. The number of carbonyl (C=O) groups excluding carboxylic acids is 1. The third-order valence-corrected chi connectivity index (χ3v) is 3.16. The van der Waals surface area contributed by atoms with E-state index in [1.165, 1.54) is 18.2 Å². The molecule has 114 valence electrons. The molecule has 1 aromatic rings. The number of benzene rings is 1. The van der Waals surface area contributed by atoms with Crippen LogP contribution in [0.1, 0.15) is 35.7 Å². The number of aliphatic carboxylic acids is 1. The summed E-state index contributed by atoms with van der Waals surface area (Å²) in [4.78, 5) is 33.2. The van der Waals surface area contributed by atoms with E-state index in [0.717, 1.165) is 0 Å². The van der Waals surface area contributed by atoms with Gasteiger partial charge in [0, 0.05) is 23.7 Å². The molecule has 1 amide bonds. The highest BCUT2D eigenvalue weighted by molar-refractivity contribution is 5.95. The van der Waals surface area contributed by atoms with Crippen molar-refractivity contribution in [2.24, 2.45) is 5.92 Å². The fourth-order valence-corrected chi connectivity index (χ4v) is 1.93. The van der Waals surface area contributed by atoms with E-state index in [9.17, 15) is 19.7 Å². The van der Waals surface area contributed by atoms with Gasteiger partial charge in [0.25, 0.3) is 11.6 Å². The van der Waals surface area contributed by atoms with E-state index in [0.29, 0.717) is 18.4 Å². The van der Waals surface area contributed by atoms with Crippen LogP contribution in [0.5, 0.6) is 0 Å². The smallest absolute Gasteiger partial charge is 0.308 e. The molecule has 0 heterocycles. The molecule has 0 saturated heterocycles. The van der Waals surface area contributed by atoms with Gasteiger partial charge in [0.15, 0.2) is 0 Å². The van der Waals surface area contributed by atoms with Gasteiger partial charge in [-0.1, -0.05) is 19.4 Å². The Kier molecular flexibility index (Phi) is 5.83. The molecule has 0 aromatic heterocycles. The van der Waals surface area contributed by atoms with E-state index < -0.39 is 22.7 Å². The first-order valence-electron chi connectivity index (χ1n) is 6.62. The van der Waals surface area contributed by atoms with Crippen molar-refractivity contribution >= 4 is 17.6 Å². The lowest BCUT2D eigenvalue weighted by Gasteiger charge is -2.12. The van der Waals surface area contributed by atoms with Gasteiger partial charge in [-0.3, -0.25) is 19.7 Å². The summed E-state index contributed by atoms with van der Waals surface area (Å²) in [5.41, 5.74) is 0.477. The number of aryl methyl sites for hydroxylation is 1. The molecule has 1 rings (SSSR count). The highest BCUT2D eigenvalue weighted by atomic mass is 16.6. The van der Waals surface area contributed by atoms with Gasteiger partial charge < -0.3 is 10.4 Å². The number of hydrogen-bond donors (Lipinski definition) is 2.